The number of furan rings is 1. The van der Waals surface area contributed by atoms with Gasteiger partial charge in [0.25, 0.3) is 0 Å². The molecule has 0 saturated carbocycles. The van der Waals surface area contributed by atoms with E-state index in [9.17, 15) is 9.59 Å². The largest absolute Gasteiger partial charge is 0.467 e. The van der Waals surface area contributed by atoms with Crippen molar-refractivity contribution in [2.45, 2.75) is 32.9 Å². The molecule has 8 heteroatoms. The molecule has 1 unspecified atom stereocenters. The van der Waals surface area contributed by atoms with Crippen molar-refractivity contribution in [3.05, 3.63) is 94.6 Å². The average molecular weight is 464 g/mol. The van der Waals surface area contributed by atoms with E-state index in [0.717, 1.165) is 22.0 Å². The molecular formula is C25H25N3O4S. The van der Waals surface area contributed by atoms with Crippen LogP contribution in [0.2, 0.25) is 0 Å². The summed E-state index contributed by atoms with van der Waals surface area (Å²) in [4.78, 5) is 32.4. The minimum Gasteiger partial charge on any atom is -0.467 e. The molecule has 1 N–H and O–H groups in total. The Labute approximate surface area is 196 Å². The van der Waals surface area contributed by atoms with E-state index in [4.69, 9.17) is 9.15 Å². The second-order valence-corrected chi connectivity index (χ2v) is 8.56. The average Bonchev–Trinajstić information content (AvgIpc) is 3.45. The van der Waals surface area contributed by atoms with E-state index >= 15 is 0 Å². The fourth-order valence-corrected chi connectivity index (χ4v) is 4.79. The molecule has 0 fully saturated rings. The van der Waals surface area contributed by atoms with E-state index < -0.39 is 12.0 Å². The monoisotopic (exact) mass is 463 g/mol. The number of aliphatic imine (C=N–C) groups is 1. The lowest BCUT2D eigenvalue weighted by atomic mass is 9.93. The van der Waals surface area contributed by atoms with Gasteiger partial charge in [0.2, 0.25) is 5.91 Å². The van der Waals surface area contributed by atoms with E-state index in [2.05, 4.69) is 16.9 Å². The Morgan fingerprint density at radius 2 is 2.15 bits per heavy atom. The summed E-state index contributed by atoms with van der Waals surface area (Å²) in [5.41, 5.74) is 3.82. The van der Waals surface area contributed by atoms with Gasteiger partial charge in [0, 0.05) is 5.70 Å². The third kappa shape index (κ3) is 4.96. The van der Waals surface area contributed by atoms with Gasteiger partial charge in [0.1, 0.15) is 12.4 Å². The summed E-state index contributed by atoms with van der Waals surface area (Å²) in [6.07, 6.45) is 3.25. The molecule has 7 nitrogen and oxygen atoms in total. The first-order valence-electron chi connectivity index (χ1n) is 10.6. The number of amidine groups is 1. The lowest BCUT2D eigenvalue weighted by Gasteiger charge is -2.36. The van der Waals surface area contributed by atoms with Gasteiger partial charge in [-0.1, -0.05) is 54.2 Å². The van der Waals surface area contributed by atoms with Crippen LogP contribution in [-0.2, 0) is 20.9 Å². The Balaban J connectivity index is 1.63. The quantitative estimate of drug-likeness (QED) is 0.455. The smallest absolute Gasteiger partial charge is 0.338 e. The fraction of sp³-hybridized carbons (Fsp3) is 0.240. The number of fused-ring (bicyclic) bond motifs is 1. The zero-order valence-corrected chi connectivity index (χ0v) is 19.4. The van der Waals surface area contributed by atoms with Gasteiger partial charge in [-0.15, -0.1) is 0 Å². The minimum absolute atomic E-state index is 0.110. The van der Waals surface area contributed by atoms with Gasteiger partial charge in [-0.05, 0) is 37.0 Å². The van der Waals surface area contributed by atoms with Gasteiger partial charge in [-0.2, -0.15) is 0 Å². The molecule has 170 valence electrons. The van der Waals surface area contributed by atoms with Gasteiger partial charge in [0.15, 0.2) is 5.17 Å². The predicted molar refractivity (Wildman–Crippen MR) is 128 cm³/mol. The molecule has 1 amide bonds. The summed E-state index contributed by atoms with van der Waals surface area (Å²) in [7, 11) is 0. The van der Waals surface area contributed by atoms with Crippen molar-refractivity contribution in [3.8, 4) is 0 Å². The van der Waals surface area contributed by atoms with Crippen LogP contribution in [-0.4, -0.2) is 28.6 Å². The van der Waals surface area contributed by atoms with Crippen molar-refractivity contribution in [3.63, 3.8) is 0 Å². The summed E-state index contributed by atoms with van der Waals surface area (Å²) in [5, 5.41) is 5.52. The van der Waals surface area contributed by atoms with Crippen LogP contribution in [0.15, 0.2) is 87.1 Å². The number of nitrogens with zero attached hydrogens (tertiary/aromatic N) is 2. The normalized spacial score (nSPS) is 17.3. The highest BCUT2D eigenvalue weighted by Gasteiger charge is 2.41. The number of carbonyl (C=O) groups is 2. The Morgan fingerprint density at radius 3 is 2.88 bits per heavy atom. The van der Waals surface area contributed by atoms with Crippen molar-refractivity contribution < 1.29 is 18.7 Å². The van der Waals surface area contributed by atoms with Crippen molar-refractivity contribution in [2.24, 2.45) is 4.99 Å². The molecule has 2 aliphatic heterocycles. The summed E-state index contributed by atoms with van der Waals surface area (Å²) >= 11 is 1.44. The SMILES string of the molecule is C=CCOC(=O)C1=C(C)N=C2SC=C(CC(=O)NCc3ccco3)N2C1c1cccc(C)c1. The minimum atomic E-state index is -0.450. The number of aryl methyl sites for hydroxylation is 1. The number of nitrogens with one attached hydrogen (secondary N) is 1. The van der Waals surface area contributed by atoms with E-state index in [1.54, 1.807) is 12.3 Å². The Bertz CT molecular complexity index is 1160. The summed E-state index contributed by atoms with van der Waals surface area (Å²) in [6, 6.07) is 11.1. The van der Waals surface area contributed by atoms with Crippen molar-refractivity contribution in [1.29, 1.82) is 0 Å². The van der Waals surface area contributed by atoms with Gasteiger partial charge < -0.3 is 19.4 Å². The molecular weight excluding hydrogens is 438 g/mol. The van der Waals surface area contributed by atoms with Crippen LogP contribution in [0, 0.1) is 6.92 Å². The van der Waals surface area contributed by atoms with Crippen molar-refractivity contribution >= 4 is 28.8 Å². The number of hydrogen-bond acceptors (Lipinski definition) is 7. The van der Waals surface area contributed by atoms with Crippen LogP contribution in [0.5, 0.6) is 0 Å². The number of ether oxygens (including phenoxy) is 1. The Morgan fingerprint density at radius 1 is 1.30 bits per heavy atom. The number of rotatable bonds is 8. The van der Waals surface area contributed by atoms with E-state index in [0.29, 0.717) is 23.6 Å². The molecule has 0 aliphatic carbocycles. The van der Waals surface area contributed by atoms with Crippen LogP contribution in [0.4, 0.5) is 0 Å². The third-order valence-corrected chi connectivity index (χ3v) is 6.18. The first kappa shape index (κ1) is 22.7. The van der Waals surface area contributed by atoms with Crippen molar-refractivity contribution in [1.82, 2.24) is 10.2 Å². The molecule has 2 aliphatic rings. The topological polar surface area (TPSA) is 84.1 Å². The lowest BCUT2D eigenvalue weighted by molar-refractivity contribution is -0.138. The predicted octanol–water partition coefficient (Wildman–Crippen LogP) is 4.60. The van der Waals surface area contributed by atoms with Crippen molar-refractivity contribution in [2.75, 3.05) is 6.61 Å². The van der Waals surface area contributed by atoms with E-state index in [1.165, 1.54) is 17.8 Å². The maximum atomic E-state index is 13.0. The standard InChI is InChI=1S/C25H25N3O4S/c1-4-10-32-24(30)22-17(3)27-25-28(23(22)18-8-5-7-16(2)12-18)19(15-33-25)13-21(29)26-14-20-9-6-11-31-20/h4-9,11-12,15,23H,1,10,13-14H2,2-3H3,(H,26,29). The molecule has 1 aromatic heterocycles. The Kier molecular flexibility index (Phi) is 6.84. The number of benzene rings is 1. The maximum absolute atomic E-state index is 13.0. The molecule has 3 heterocycles. The molecule has 0 spiro atoms. The second kappa shape index (κ2) is 9.95. The second-order valence-electron chi connectivity index (χ2n) is 7.73. The molecule has 4 rings (SSSR count). The van der Waals surface area contributed by atoms with Crippen LogP contribution < -0.4 is 5.32 Å². The first-order chi connectivity index (χ1) is 16.0. The van der Waals surface area contributed by atoms with Gasteiger partial charge in [-0.3, -0.25) is 4.79 Å². The van der Waals surface area contributed by atoms with Crippen LogP contribution >= 0.6 is 11.8 Å². The molecule has 1 atom stereocenters. The first-order valence-corrected chi connectivity index (χ1v) is 11.4. The zero-order chi connectivity index (χ0) is 23.4. The number of allylic oxidation sites excluding steroid dienone is 1. The molecule has 0 bridgehead atoms. The summed E-state index contributed by atoms with van der Waals surface area (Å²) < 4.78 is 10.7. The number of amides is 1. The van der Waals surface area contributed by atoms with Crippen LogP contribution in [0.1, 0.15) is 36.3 Å². The fourth-order valence-electron chi connectivity index (χ4n) is 3.82. The van der Waals surface area contributed by atoms with E-state index in [1.807, 2.05) is 54.5 Å². The third-order valence-electron chi connectivity index (χ3n) is 5.29. The van der Waals surface area contributed by atoms with Crippen LogP contribution in [0.3, 0.4) is 0 Å². The highest BCUT2D eigenvalue weighted by atomic mass is 32.2. The van der Waals surface area contributed by atoms with E-state index in [-0.39, 0.29) is 18.9 Å². The van der Waals surface area contributed by atoms with Crippen LogP contribution in [0.25, 0.3) is 0 Å². The van der Waals surface area contributed by atoms with Gasteiger partial charge in [0.05, 0.1) is 36.5 Å². The summed E-state index contributed by atoms with van der Waals surface area (Å²) in [5.74, 6) is 0.0894. The van der Waals surface area contributed by atoms with Gasteiger partial charge in [-0.25, -0.2) is 9.79 Å². The number of carbonyl (C=O) groups excluding carboxylic acids is 2. The number of hydrogen-bond donors (Lipinski definition) is 1. The Hall–Kier alpha value is -3.52. The molecule has 33 heavy (non-hydrogen) atoms. The van der Waals surface area contributed by atoms with Gasteiger partial charge >= 0.3 is 5.97 Å². The molecule has 0 saturated heterocycles. The maximum Gasteiger partial charge on any atom is 0.338 e. The molecule has 1 aromatic carbocycles. The highest BCUT2D eigenvalue weighted by Crippen LogP contribution is 2.44. The number of thioether (sulfide) groups is 1. The zero-order valence-electron chi connectivity index (χ0n) is 18.5. The molecule has 2 aromatic rings. The summed E-state index contributed by atoms with van der Waals surface area (Å²) in [6.45, 7) is 7.86. The molecule has 0 radical (unpaired) electrons. The highest BCUT2D eigenvalue weighted by molar-refractivity contribution is 8.16. The lowest BCUT2D eigenvalue weighted by Crippen LogP contribution is -2.38. The number of esters is 1.